The topological polar surface area (TPSA) is 38.8 Å². The van der Waals surface area contributed by atoms with E-state index in [0.717, 1.165) is 43.4 Å². The van der Waals surface area contributed by atoms with Gasteiger partial charge in [-0.2, -0.15) is 0 Å². The van der Waals surface area contributed by atoms with E-state index in [-0.39, 0.29) is 24.2 Å². The van der Waals surface area contributed by atoms with E-state index in [9.17, 15) is 4.79 Å². The van der Waals surface area contributed by atoms with E-state index in [4.69, 9.17) is 9.31 Å². The molecule has 1 amide bonds. The highest BCUT2D eigenvalue weighted by molar-refractivity contribution is 6.62. The van der Waals surface area contributed by atoms with Crippen molar-refractivity contribution in [3.63, 3.8) is 0 Å². The Hall–Kier alpha value is -2.11. The van der Waals surface area contributed by atoms with Crippen molar-refractivity contribution >= 4 is 18.5 Å². The summed E-state index contributed by atoms with van der Waals surface area (Å²) >= 11 is 0. The summed E-state index contributed by atoms with van der Waals surface area (Å²) < 4.78 is 12.3. The average Bonchev–Trinajstić information content (AvgIpc) is 3.01. The number of piperidine rings is 1. The summed E-state index contributed by atoms with van der Waals surface area (Å²) in [4.78, 5) is 14.9. The van der Waals surface area contributed by atoms with Gasteiger partial charge >= 0.3 is 7.12 Å². The zero-order valence-electron chi connectivity index (χ0n) is 20.2. The second-order valence-electron chi connectivity index (χ2n) is 10.3. The summed E-state index contributed by atoms with van der Waals surface area (Å²) in [5, 5.41) is 0. The lowest BCUT2D eigenvalue weighted by Gasteiger charge is -2.32. The van der Waals surface area contributed by atoms with Crippen LogP contribution in [0.4, 0.5) is 0 Å². The highest BCUT2D eigenvalue weighted by Crippen LogP contribution is 2.36. The Balaban J connectivity index is 1.31. The van der Waals surface area contributed by atoms with Crippen molar-refractivity contribution in [2.75, 3.05) is 13.1 Å². The van der Waals surface area contributed by atoms with Crippen molar-refractivity contribution in [1.82, 2.24) is 4.90 Å². The Morgan fingerprint density at radius 3 is 2.19 bits per heavy atom. The van der Waals surface area contributed by atoms with Crippen LogP contribution in [0, 0.1) is 0 Å². The third-order valence-corrected chi connectivity index (χ3v) is 7.54. The molecule has 0 bridgehead atoms. The number of rotatable bonds is 5. The second-order valence-corrected chi connectivity index (χ2v) is 10.3. The van der Waals surface area contributed by atoms with E-state index in [0.29, 0.717) is 12.3 Å². The highest BCUT2D eigenvalue weighted by atomic mass is 16.7. The minimum Gasteiger partial charge on any atom is -0.399 e. The van der Waals surface area contributed by atoms with Gasteiger partial charge in [0.15, 0.2) is 0 Å². The quantitative estimate of drug-likeness (QED) is 0.652. The monoisotopic (exact) mass is 433 g/mol. The molecule has 170 valence electrons. The van der Waals surface area contributed by atoms with Crippen LogP contribution in [-0.2, 0) is 26.9 Å². The molecule has 5 heteroatoms. The normalized spacial score (nSPS) is 20.5. The number of hydrogen-bond acceptors (Lipinski definition) is 3. The molecule has 0 aliphatic carbocycles. The number of benzene rings is 2. The fourth-order valence-corrected chi connectivity index (χ4v) is 4.59. The van der Waals surface area contributed by atoms with Crippen molar-refractivity contribution in [3.05, 3.63) is 65.2 Å². The summed E-state index contributed by atoms with van der Waals surface area (Å²) in [5.41, 5.74) is 4.15. The minimum absolute atomic E-state index is 0.217. The highest BCUT2D eigenvalue weighted by Gasteiger charge is 2.51. The molecule has 32 heavy (non-hydrogen) atoms. The van der Waals surface area contributed by atoms with Crippen molar-refractivity contribution < 1.29 is 14.1 Å². The zero-order chi connectivity index (χ0) is 22.9. The summed E-state index contributed by atoms with van der Waals surface area (Å²) in [7, 11) is -0.366. The Morgan fingerprint density at radius 1 is 0.969 bits per heavy atom. The molecule has 2 aliphatic heterocycles. The fraction of sp³-hybridized carbons (Fsp3) is 0.519. The van der Waals surface area contributed by atoms with Crippen LogP contribution >= 0.6 is 0 Å². The summed E-state index contributed by atoms with van der Waals surface area (Å²) in [6, 6.07) is 17.0. The largest absolute Gasteiger partial charge is 0.494 e. The van der Waals surface area contributed by atoms with Crippen molar-refractivity contribution in [3.8, 4) is 0 Å². The molecule has 2 aliphatic rings. The first-order valence-corrected chi connectivity index (χ1v) is 12.0. The van der Waals surface area contributed by atoms with Crippen LogP contribution in [0.5, 0.6) is 0 Å². The molecule has 2 fully saturated rings. The lowest BCUT2D eigenvalue weighted by molar-refractivity contribution is -0.131. The van der Waals surface area contributed by atoms with E-state index in [1.165, 1.54) is 11.1 Å². The van der Waals surface area contributed by atoms with Gasteiger partial charge in [0.05, 0.1) is 17.6 Å². The Morgan fingerprint density at radius 2 is 1.59 bits per heavy atom. The number of carbonyl (C=O) groups is 1. The van der Waals surface area contributed by atoms with Crippen LogP contribution in [0.3, 0.4) is 0 Å². The zero-order valence-corrected chi connectivity index (χ0v) is 20.2. The van der Waals surface area contributed by atoms with Crippen molar-refractivity contribution in [2.45, 2.75) is 77.4 Å². The fourth-order valence-electron chi connectivity index (χ4n) is 4.59. The Kier molecular flexibility index (Phi) is 6.51. The van der Waals surface area contributed by atoms with E-state index in [1.807, 2.05) is 29.2 Å². The predicted octanol–water partition coefficient (Wildman–Crippen LogP) is 4.50. The van der Waals surface area contributed by atoms with Gasteiger partial charge in [0.2, 0.25) is 5.91 Å². The minimum atomic E-state index is -0.366. The maximum atomic E-state index is 12.9. The Bertz CT molecular complexity index is 930. The third-order valence-electron chi connectivity index (χ3n) is 7.54. The number of amides is 1. The molecule has 4 nitrogen and oxygen atoms in total. The van der Waals surface area contributed by atoms with Crippen LogP contribution in [0.1, 0.15) is 70.1 Å². The molecule has 0 radical (unpaired) electrons. The SMILES string of the molecule is CCc1cccc(C2CCN(C(=O)Cc3ccc(B4OC(C)(C)C(C)(C)O4)cc3)CC2)c1. The van der Waals surface area contributed by atoms with E-state index in [1.54, 1.807) is 0 Å². The number of hydrogen-bond donors (Lipinski definition) is 0. The standard InChI is InChI=1S/C27H36BNO3/c1-6-20-8-7-9-23(18-20)22-14-16-29(17-15-22)25(30)19-21-10-12-24(13-11-21)28-31-26(2,3)27(4,5)32-28/h7-13,18,22H,6,14-17,19H2,1-5H3. The molecular weight excluding hydrogens is 397 g/mol. The molecule has 0 spiro atoms. The number of nitrogens with zero attached hydrogens (tertiary/aromatic N) is 1. The van der Waals surface area contributed by atoms with Gasteiger partial charge in [-0.05, 0) is 75.0 Å². The molecule has 0 unspecified atom stereocenters. The van der Waals surface area contributed by atoms with Gasteiger partial charge < -0.3 is 14.2 Å². The van der Waals surface area contributed by atoms with Gasteiger partial charge in [0.25, 0.3) is 0 Å². The first-order valence-electron chi connectivity index (χ1n) is 12.0. The van der Waals surface area contributed by atoms with Gasteiger partial charge in [0.1, 0.15) is 0 Å². The van der Waals surface area contributed by atoms with Crippen LogP contribution in [0.25, 0.3) is 0 Å². The van der Waals surface area contributed by atoms with Gasteiger partial charge in [-0.15, -0.1) is 0 Å². The number of carbonyl (C=O) groups excluding carboxylic acids is 1. The van der Waals surface area contributed by atoms with E-state index in [2.05, 4.69) is 58.9 Å². The molecule has 0 atom stereocenters. The van der Waals surface area contributed by atoms with Crippen molar-refractivity contribution in [1.29, 1.82) is 0 Å². The third kappa shape index (κ3) is 4.79. The average molecular weight is 433 g/mol. The molecule has 0 saturated carbocycles. The van der Waals surface area contributed by atoms with Crippen molar-refractivity contribution in [2.24, 2.45) is 0 Å². The number of likely N-dealkylation sites (tertiary alicyclic amines) is 1. The second kappa shape index (κ2) is 9.03. The molecule has 2 aromatic rings. The molecular formula is C27H36BNO3. The van der Waals surface area contributed by atoms with Gasteiger partial charge in [-0.25, -0.2) is 0 Å². The smallest absolute Gasteiger partial charge is 0.399 e. The molecule has 2 heterocycles. The number of aryl methyl sites for hydroxylation is 1. The van der Waals surface area contributed by atoms with Crippen LogP contribution in [0.15, 0.2) is 48.5 Å². The lowest BCUT2D eigenvalue weighted by atomic mass is 9.79. The molecule has 2 saturated heterocycles. The molecule has 4 rings (SSSR count). The van der Waals surface area contributed by atoms with Crippen LogP contribution in [0.2, 0.25) is 0 Å². The molecule has 2 aromatic carbocycles. The molecule has 0 aromatic heterocycles. The summed E-state index contributed by atoms with van der Waals surface area (Å²) in [5.74, 6) is 0.777. The van der Waals surface area contributed by atoms with Gasteiger partial charge in [0, 0.05) is 13.1 Å². The maximum absolute atomic E-state index is 12.9. The first-order chi connectivity index (χ1) is 15.2. The van der Waals surface area contributed by atoms with E-state index >= 15 is 0 Å². The van der Waals surface area contributed by atoms with E-state index < -0.39 is 0 Å². The van der Waals surface area contributed by atoms with Gasteiger partial charge in [-0.3, -0.25) is 4.79 Å². The predicted molar refractivity (Wildman–Crippen MR) is 130 cm³/mol. The Labute approximate surface area is 193 Å². The molecule has 0 N–H and O–H groups in total. The van der Waals surface area contributed by atoms with Gasteiger partial charge in [-0.1, -0.05) is 55.5 Å². The van der Waals surface area contributed by atoms with Crippen LogP contribution in [-0.4, -0.2) is 42.2 Å². The summed E-state index contributed by atoms with van der Waals surface area (Å²) in [6.45, 7) is 12.1. The lowest BCUT2D eigenvalue weighted by Crippen LogP contribution is -2.41. The maximum Gasteiger partial charge on any atom is 0.494 e. The van der Waals surface area contributed by atoms with Crippen LogP contribution < -0.4 is 5.46 Å². The first kappa shape index (κ1) is 23.1. The summed E-state index contributed by atoms with van der Waals surface area (Å²) in [6.07, 6.45) is 3.59.